The van der Waals surface area contributed by atoms with Gasteiger partial charge in [-0.2, -0.15) is 0 Å². The molecule has 0 fully saturated rings. The molecule has 0 spiro atoms. The largest absolute Gasteiger partial charge is 0.399 e. The van der Waals surface area contributed by atoms with Crippen LogP contribution in [0, 0.1) is 0 Å². The molecule has 2 aromatic carbocycles. The van der Waals surface area contributed by atoms with Crippen LogP contribution in [0.1, 0.15) is 0 Å². The van der Waals surface area contributed by atoms with Gasteiger partial charge >= 0.3 is 0 Å². The van der Waals surface area contributed by atoms with E-state index in [1.165, 1.54) is 0 Å². The topological polar surface area (TPSA) is 48.0 Å². The van der Waals surface area contributed by atoms with Gasteiger partial charge in [-0.15, -0.1) is 0 Å². The molecule has 0 bridgehead atoms. The van der Waals surface area contributed by atoms with Crippen molar-refractivity contribution in [2.75, 3.05) is 5.73 Å². The van der Waals surface area contributed by atoms with Gasteiger partial charge in [0.1, 0.15) is 0 Å². The first-order valence-electron chi connectivity index (χ1n) is 6.38. The van der Waals surface area contributed by atoms with E-state index in [-0.39, 0.29) is 5.56 Å². The van der Waals surface area contributed by atoms with Crippen LogP contribution >= 0.6 is 0 Å². The lowest BCUT2D eigenvalue weighted by Gasteiger charge is -2.07. The van der Waals surface area contributed by atoms with Crippen molar-refractivity contribution in [2.24, 2.45) is 0 Å². The molecule has 0 amide bonds. The summed E-state index contributed by atoms with van der Waals surface area (Å²) in [5, 5.41) is 0. The Labute approximate surface area is 116 Å². The van der Waals surface area contributed by atoms with Gasteiger partial charge in [-0.1, -0.05) is 30.3 Å². The number of nitrogen functional groups attached to an aromatic ring is 1. The van der Waals surface area contributed by atoms with Crippen LogP contribution in [0.5, 0.6) is 0 Å². The Hall–Kier alpha value is -2.81. The molecule has 0 aliphatic carbocycles. The highest BCUT2D eigenvalue weighted by molar-refractivity contribution is 5.68. The second-order valence-corrected chi connectivity index (χ2v) is 4.58. The van der Waals surface area contributed by atoms with E-state index in [1.54, 1.807) is 22.9 Å². The van der Waals surface area contributed by atoms with E-state index >= 15 is 0 Å². The van der Waals surface area contributed by atoms with Crippen molar-refractivity contribution < 1.29 is 0 Å². The molecule has 0 atom stereocenters. The average molecular weight is 262 g/mol. The van der Waals surface area contributed by atoms with Gasteiger partial charge < -0.3 is 5.73 Å². The van der Waals surface area contributed by atoms with Gasteiger partial charge in [-0.3, -0.25) is 9.36 Å². The average Bonchev–Trinajstić information content (AvgIpc) is 2.48. The number of hydrogen-bond acceptors (Lipinski definition) is 2. The summed E-state index contributed by atoms with van der Waals surface area (Å²) in [6.45, 7) is 0. The fourth-order valence-corrected chi connectivity index (χ4v) is 2.17. The monoisotopic (exact) mass is 262 g/mol. The van der Waals surface area contributed by atoms with E-state index < -0.39 is 0 Å². The molecule has 1 heterocycles. The van der Waals surface area contributed by atoms with E-state index in [1.807, 2.05) is 54.6 Å². The van der Waals surface area contributed by atoms with Gasteiger partial charge in [0.15, 0.2) is 0 Å². The third kappa shape index (κ3) is 2.34. The highest BCUT2D eigenvalue weighted by atomic mass is 16.1. The van der Waals surface area contributed by atoms with Gasteiger partial charge in [-0.05, 0) is 41.5 Å². The molecule has 3 heteroatoms. The van der Waals surface area contributed by atoms with Gasteiger partial charge in [0.25, 0.3) is 5.56 Å². The minimum absolute atomic E-state index is 0.0378. The standard InChI is InChI=1S/C17H14N2O/c18-15-5-3-4-14(12-15)13-7-9-16(10-8-13)19-11-2-1-6-17(19)20/h1-12H,18H2. The van der Waals surface area contributed by atoms with Crippen molar-refractivity contribution in [3.8, 4) is 16.8 Å². The molecule has 0 unspecified atom stereocenters. The lowest BCUT2D eigenvalue weighted by Crippen LogP contribution is -2.15. The van der Waals surface area contributed by atoms with Gasteiger partial charge in [-0.25, -0.2) is 0 Å². The lowest BCUT2D eigenvalue weighted by molar-refractivity contribution is 0.991. The number of anilines is 1. The smallest absolute Gasteiger partial charge is 0.255 e. The lowest BCUT2D eigenvalue weighted by atomic mass is 10.0. The van der Waals surface area contributed by atoms with Crippen LogP contribution in [0.3, 0.4) is 0 Å². The zero-order valence-corrected chi connectivity index (χ0v) is 10.9. The Kier molecular flexibility index (Phi) is 3.09. The molecule has 1 aromatic heterocycles. The Morgan fingerprint density at radius 1 is 0.800 bits per heavy atom. The first kappa shape index (κ1) is 12.2. The highest BCUT2D eigenvalue weighted by Crippen LogP contribution is 2.22. The molecule has 98 valence electrons. The third-order valence-corrected chi connectivity index (χ3v) is 3.19. The van der Waals surface area contributed by atoms with Crippen molar-refractivity contribution in [3.63, 3.8) is 0 Å². The van der Waals surface area contributed by atoms with Gasteiger partial charge in [0, 0.05) is 23.6 Å². The van der Waals surface area contributed by atoms with Crippen molar-refractivity contribution in [1.82, 2.24) is 4.57 Å². The zero-order chi connectivity index (χ0) is 13.9. The summed E-state index contributed by atoms with van der Waals surface area (Å²) >= 11 is 0. The molecule has 20 heavy (non-hydrogen) atoms. The molecule has 3 aromatic rings. The van der Waals surface area contributed by atoms with E-state index in [4.69, 9.17) is 5.73 Å². The first-order chi connectivity index (χ1) is 9.74. The molecule has 0 radical (unpaired) electrons. The summed E-state index contributed by atoms with van der Waals surface area (Å²) < 4.78 is 1.61. The van der Waals surface area contributed by atoms with Crippen LogP contribution < -0.4 is 11.3 Å². The van der Waals surface area contributed by atoms with Crippen LogP contribution in [-0.2, 0) is 0 Å². The summed E-state index contributed by atoms with van der Waals surface area (Å²) in [5.74, 6) is 0. The van der Waals surface area contributed by atoms with E-state index in [2.05, 4.69) is 0 Å². The van der Waals surface area contributed by atoms with Crippen LogP contribution in [0.15, 0.2) is 77.7 Å². The molecule has 0 aliphatic rings. The summed E-state index contributed by atoms with van der Waals surface area (Å²) in [7, 11) is 0. The Morgan fingerprint density at radius 3 is 2.30 bits per heavy atom. The predicted molar refractivity (Wildman–Crippen MR) is 81.9 cm³/mol. The fraction of sp³-hybridized carbons (Fsp3) is 0. The minimum Gasteiger partial charge on any atom is -0.399 e. The van der Waals surface area contributed by atoms with Crippen molar-refractivity contribution in [3.05, 3.63) is 83.3 Å². The van der Waals surface area contributed by atoms with Crippen molar-refractivity contribution in [2.45, 2.75) is 0 Å². The normalized spacial score (nSPS) is 10.4. The van der Waals surface area contributed by atoms with Crippen LogP contribution in [-0.4, -0.2) is 4.57 Å². The molecule has 0 aliphatic heterocycles. The van der Waals surface area contributed by atoms with E-state index in [9.17, 15) is 4.79 Å². The maximum atomic E-state index is 11.8. The Bertz CT molecular complexity index is 788. The molecule has 2 N–H and O–H groups in total. The fourth-order valence-electron chi connectivity index (χ4n) is 2.17. The summed E-state index contributed by atoms with van der Waals surface area (Å²) in [4.78, 5) is 11.8. The number of aromatic nitrogens is 1. The first-order valence-corrected chi connectivity index (χ1v) is 6.38. The second kappa shape index (κ2) is 5.05. The van der Waals surface area contributed by atoms with Crippen LogP contribution in [0.2, 0.25) is 0 Å². The van der Waals surface area contributed by atoms with E-state index in [0.29, 0.717) is 0 Å². The summed E-state index contributed by atoms with van der Waals surface area (Å²) in [6.07, 6.45) is 1.76. The second-order valence-electron chi connectivity index (χ2n) is 4.58. The minimum atomic E-state index is -0.0378. The maximum Gasteiger partial charge on any atom is 0.255 e. The van der Waals surface area contributed by atoms with Crippen molar-refractivity contribution in [1.29, 1.82) is 0 Å². The zero-order valence-electron chi connectivity index (χ0n) is 10.9. The van der Waals surface area contributed by atoms with E-state index in [0.717, 1.165) is 22.5 Å². The Morgan fingerprint density at radius 2 is 1.60 bits per heavy atom. The Balaban J connectivity index is 2.00. The number of nitrogens with zero attached hydrogens (tertiary/aromatic N) is 1. The predicted octanol–water partition coefficient (Wildman–Crippen LogP) is 3.09. The SMILES string of the molecule is Nc1cccc(-c2ccc(-n3ccccc3=O)cc2)c1. The number of rotatable bonds is 2. The van der Waals surface area contributed by atoms with Gasteiger partial charge in [0.2, 0.25) is 0 Å². The number of nitrogens with two attached hydrogens (primary N) is 1. The molecule has 0 saturated carbocycles. The molecule has 3 rings (SSSR count). The maximum absolute atomic E-state index is 11.8. The highest BCUT2D eigenvalue weighted by Gasteiger charge is 2.01. The van der Waals surface area contributed by atoms with Crippen molar-refractivity contribution >= 4 is 5.69 Å². The quantitative estimate of drug-likeness (QED) is 0.721. The number of pyridine rings is 1. The van der Waals surface area contributed by atoms with Crippen LogP contribution in [0.25, 0.3) is 16.8 Å². The van der Waals surface area contributed by atoms with Crippen LogP contribution in [0.4, 0.5) is 5.69 Å². The van der Waals surface area contributed by atoms with Gasteiger partial charge in [0.05, 0.1) is 0 Å². The summed E-state index contributed by atoms with van der Waals surface area (Å²) in [6, 6.07) is 20.7. The molecule has 3 nitrogen and oxygen atoms in total. The molecular formula is C17H14N2O. The summed E-state index contributed by atoms with van der Waals surface area (Å²) in [5.41, 5.74) is 9.49. The molecule has 0 saturated heterocycles. The number of hydrogen-bond donors (Lipinski definition) is 1. The number of benzene rings is 2. The third-order valence-electron chi connectivity index (χ3n) is 3.19. The molecular weight excluding hydrogens is 248 g/mol.